The van der Waals surface area contributed by atoms with Gasteiger partial charge in [-0.15, -0.1) is 0 Å². The van der Waals surface area contributed by atoms with Crippen LogP contribution in [0.2, 0.25) is 0 Å². The van der Waals surface area contributed by atoms with Crippen molar-refractivity contribution in [2.75, 3.05) is 13.2 Å². The van der Waals surface area contributed by atoms with E-state index in [1.165, 1.54) is 0 Å². The average Bonchev–Trinajstić information content (AvgIpc) is 2.86. The summed E-state index contributed by atoms with van der Waals surface area (Å²) in [5, 5.41) is 12.0. The van der Waals surface area contributed by atoms with Gasteiger partial charge in [0.05, 0.1) is 5.92 Å². The highest BCUT2D eigenvalue weighted by Crippen LogP contribution is 2.48. The minimum Gasteiger partial charge on any atom is -0.481 e. The number of carbonyl (C=O) groups is 2. The quantitative estimate of drug-likeness (QED) is 0.740. The minimum atomic E-state index is -0.779. The van der Waals surface area contributed by atoms with E-state index in [4.69, 9.17) is 4.74 Å². The standard InChI is InChI=1S/C12H19NO4/c1-2-17-6-9(14)13-11-8-4-3-7(5-8)10(11)12(15)16/h7-8,10-11H,2-6H2,1H3,(H,13,14)(H,15,16). The minimum absolute atomic E-state index is 0.0245. The Morgan fingerprint density at radius 2 is 2.06 bits per heavy atom. The van der Waals surface area contributed by atoms with Crippen molar-refractivity contribution in [3.8, 4) is 0 Å². The van der Waals surface area contributed by atoms with E-state index in [0.29, 0.717) is 12.5 Å². The van der Waals surface area contributed by atoms with Gasteiger partial charge in [-0.05, 0) is 38.0 Å². The molecule has 96 valence electrons. The molecule has 0 saturated heterocycles. The predicted molar refractivity (Wildman–Crippen MR) is 60.4 cm³/mol. The monoisotopic (exact) mass is 241 g/mol. The lowest BCUT2D eigenvalue weighted by Gasteiger charge is -2.28. The molecule has 0 aromatic heterocycles. The number of aliphatic carboxylic acids is 1. The molecule has 17 heavy (non-hydrogen) atoms. The molecule has 0 aliphatic heterocycles. The van der Waals surface area contributed by atoms with Crippen LogP contribution in [0.15, 0.2) is 0 Å². The number of carbonyl (C=O) groups excluding carboxylic acids is 1. The largest absolute Gasteiger partial charge is 0.481 e. The number of hydrogen-bond acceptors (Lipinski definition) is 3. The van der Waals surface area contributed by atoms with Gasteiger partial charge in [-0.1, -0.05) is 0 Å². The molecule has 0 heterocycles. The highest BCUT2D eigenvalue weighted by molar-refractivity contribution is 5.79. The van der Waals surface area contributed by atoms with Gasteiger partial charge in [0.1, 0.15) is 6.61 Å². The summed E-state index contributed by atoms with van der Waals surface area (Å²) in [5.41, 5.74) is 0. The second-order valence-electron chi connectivity index (χ2n) is 4.93. The first-order valence-electron chi connectivity index (χ1n) is 6.23. The average molecular weight is 241 g/mol. The molecule has 2 saturated carbocycles. The van der Waals surface area contributed by atoms with Gasteiger partial charge in [0.2, 0.25) is 5.91 Å². The molecule has 1 amide bonds. The van der Waals surface area contributed by atoms with Crippen LogP contribution < -0.4 is 5.32 Å². The zero-order valence-electron chi connectivity index (χ0n) is 10.0. The van der Waals surface area contributed by atoms with Crippen LogP contribution in [-0.2, 0) is 14.3 Å². The number of fused-ring (bicyclic) bond motifs is 2. The van der Waals surface area contributed by atoms with E-state index >= 15 is 0 Å². The Hall–Kier alpha value is -1.10. The first kappa shape index (κ1) is 12.4. The lowest BCUT2D eigenvalue weighted by Crippen LogP contribution is -2.47. The SMILES string of the molecule is CCOCC(=O)NC1C2CCC(C2)C1C(=O)O. The number of carboxylic acid groups (broad SMARTS) is 1. The number of ether oxygens (including phenoxy) is 1. The summed E-state index contributed by atoms with van der Waals surface area (Å²) in [4.78, 5) is 22.8. The fraction of sp³-hybridized carbons (Fsp3) is 0.833. The van der Waals surface area contributed by atoms with E-state index in [-0.39, 0.29) is 24.5 Å². The van der Waals surface area contributed by atoms with Crippen molar-refractivity contribution >= 4 is 11.9 Å². The molecule has 2 bridgehead atoms. The van der Waals surface area contributed by atoms with Crippen LogP contribution in [0.4, 0.5) is 0 Å². The highest BCUT2D eigenvalue weighted by atomic mass is 16.5. The molecule has 2 rings (SSSR count). The Balaban J connectivity index is 1.94. The summed E-state index contributed by atoms with van der Waals surface area (Å²) in [5.74, 6) is -0.796. The second-order valence-corrected chi connectivity index (χ2v) is 4.93. The Morgan fingerprint density at radius 3 is 2.71 bits per heavy atom. The molecule has 0 aromatic carbocycles. The fourth-order valence-electron chi connectivity index (χ4n) is 3.28. The van der Waals surface area contributed by atoms with E-state index in [1.54, 1.807) is 0 Å². The van der Waals surface area contributed by atoms with Crippen LogP contribution in [0, 0.1) is 17.8 Å². The third kappa shape index (κ3) is 2.44. The van der Waals surface area contributed by atoms with Gasteiger partial charge < -0.3 is 15.2 Å². The number of amides is 1. The fourth-order valence-corrected chi connectivity index (χ4v) is 3.28. The van der Waals surface area contributed by atoms with Crippen molar-refractivity contribution in [3.63, 3.8) is 0 Å². The van der Waals surface area contributed by atoms with Crippen molar-refractivity contribution in [2.45, 2.75) is 32.2 Å². The topological polar surface area (TPSA) is 75.6 Å². The van der Waals surface area contributed by atoms with Gasteiger partial charge in [-0.2, -0.15) is 0 Å². The Bertz CT molecular complexity index is 318. The zero-order valence-corrected chi connectivity index (χ0v) is 10.0. The number of hydrogen-bond donors (Lipinski definition) is 2. The molecule has 0 radical (unpaired) electrons. The van der Waals surface area contributed by atoms with Gasteiger partial charge in [0.25, 0.3) is 0 Å². The van der Waals surface area contributed by atoms with Crippen LogP contribution in [0.25, 0.3) is 0 Å². The molecule has 2 aliphatic carbocycles. The van der Waals surface area contributed by atoms with Crippen molar-refractivity contribution in [3.05, 3.63) is 0 Å². The zero-order chi connectivity index (χ0) is 12.4. The summed E-state index contributed by atoms with van der Waals surface area (Å²) < 4.78 is 5.02. The van der Waals surface area contributed by atoms with Gasteiger partial charge in [0.15, 0.2) is 0 Å². The first-order chi connectivity index (χ1) is 8.13. The van der Waals surface area contributed by atoms with Gasteiger partial charge >= 0.3 is 5.97 Å². The third-order valence-corrected chi connectivity index (χ3v) is 3.97. The maximum absolute atomic E-state index is 11.6. The molecule has 0 spiro atoms. The number of rotatable bonds is 5. The molecule has 4 atom stereocenters. The van der Waals surface area contributed by atoms with E-state index < -0.39 is 11.9 Å². The second kappa shape index (κ2) is 5.04. The van der Waals surface area contributed by atoms with Crippen molar-refractivity contribution in [1.82, 2.24) is 5.32 Å². The molecule has 0 aromatic rings. The van der Waals surface area contributed by atoms with E-state index in [1.807, 2.05) is 6.92 Å². The Kier molecular flexibility index (Phi) is 3.66. The first-order valence-corrected chi connectivity index (χ1v) is 6.23. The molecule has 2 N–H and O–H groups in total. The summed E-state index contributed by atoms with van der Waals surface area (Å²) in [7, 11) is 0. The van der Waals surface area contributed by atoms with E-state index in [9.17, 15) is 14.7 Å². The van der Waals surface area contributed by atoms with Crippen LogP contribution in [0.5, 0.6) is 0 Å². The lowest BCUT2D eigenvalue weighted by atomic mass is 9.84. The Labute approximate surface area is 101 Å². The van der Waals surface area contributed by atoms with Crippen molar-refractivity contribution < 1.29 is 19.4 Å². The van der Waals surface area contributed by atoms with Gasteiger partial charge in [-0.25, -0.2) is 0 Å². The molecular formula is C12H19NO4. The lowest BCUT2D eigenvalue weighted by molar-refractivity contribution is -0.145. The van der Waals surface area contributed by atoms with Crippen LogP contribution >= 0.6 is 0 Å². The third-order valence-electron chi connectivity index (χ3n) is 3.97. The molecule has 2 fully saturated rings. The summed E-state index contributed by atoms with van der Waals surface area (Å²) in [6, 6.07) is -0.195. The van der Waals surface area contributed by atoms with E-state index in [0.717, 1.165) is 19.3 Å². The molecular weight excluding hydrogens is 222 g/mol. The van der Waals surface area contributed by atoms with Crippen LogP contribution in [0.3, 0.4) is 0 Å². The number of carboxylic acids is 1. The van der Waals surface area contributed by atoms with Crippen LogP contribution in [-0.4, -0.2) is 36.2 Å². The van der Waals surface area contributed by atoms with Crippen molar-refractivity contribution in [2.24, 2.45) is 17.8 Å². The number of nitrogens with one attached hydrogen (secondary N) is 1. The van der Waals surface area contributed by atoms with Gasteiger partial charge in [-0.3, -0.25) is 9.59 Å². The maximum atomic E-state index is 11.6. The molecule has 4 unspecified atom stereocenters. The normalized spacial score (nSPS) is 34.9. The smallest absolute Gasteiger partial charge is 0.308 e. The molecule has 5 nitrogen and oxygen atoms in total. The molecule has 2 aliphatic rings. The maximum Gasteiger partial charge on any atom is 0.308 e. The summed E-state index contributed by atoms with van der Waals surface area (Å²) in [6.07, 6.45) is 2.96. The summed E-state index contributed by atoms with van der Waals surface area (Å²) in [6.45, 7) is 2.34. The predicted octanol–water partition coefficient (Wildman–Crippen LogP) is 0.638. The highest BCUT2D eigenvalue weighted by Gasteiger charge is 2.51. The Morgan fingerprint density at radius 1 is 1.35 bits per heavy atom. The van der Waals surface area contributed by atoms with E-state index in [2.05, 4.69) is 5.32 Å². The van der Waals surface area contributed by atoms with Crippen molar-refractivity contribution in [1.29, 1.82) is 0 Å². The molecule has 5 heteroatoms. The summed E-state index contributed by atoms with van der Waals surface area (Å²) >= 11 is 0. The van der Waals surface area contributed by atoms with Gasteiger partial charge in [0, 0.05) is 12.6 Å². The van der Waals surface area contributed by atoms with Crippen LogP contribution in [0.1, 0.15) is 26.2 Å².